The van der Waals surface area contributed by atoms with Gasteiger partial charge in [-0.05, 0) is 30.9 Å². The van der Waals surface area contributed by atoms with Crippen molar-refractivity contribution in [2.24, 2.45) is 11.8 Å². The summed E-state index contributed by atoms with van der Waals surface area (Å²) >= 11 is 0. The zero-order valence-electron chi connectivity index (χ0n) is 13.8. The van der Waals surface area contributed by atoms with Gasteiger partial charge >= 0.3 is 12.0 Å². The Hall–Kier alpha value is -2.24. The molecule has 2 rings (SSSR count). The highest BCUT2D eigenvalue weighted by molar-refractivity contribution is 5.76. The lowest BCUT2D eigenvalue weighted by Crippen LogP contribution is -2.49. The number of nitrogens with zero attached hydrogens (tertiary/aromatic N) is 1. The van der Waals surface area contributed by atoms with Crippen molar-refractivity contribution in [2.75, 3.05) is 20.2 Å². The summed E-state index contributed by atoms with van der Waals surface area (Å²) in [7, 11) is 1.60. The maximum atomic E-state index is 12.3. The summed E-state index contributed by atoms with van der Waals surface area (Å²) in [6.07, 6.45) is 0.616. The number of ether oxygens (including phenoxy) is 1. The van der Waals surface area contributed by atoms with Crippen molar-refractivity contribution in [3.63, 3.8) is 0 Å². The first-order chi connectivity index (χ1) is 10.9. The van der Waals surface area contributed by atoms with Crippen LogP contribution in [0.15, 0.2) is 18.2 Å². The average Bonchev–Trinajstić information content (AvgIpc) is 2.52. The maximum absolute atomic E-state index is 12.3. The first-order valence-electron chi connectivity index (χ1n) is 7.79. The summed E-state index contributed by atoms with van der Waals surface area (Å²) in [5.41, 5.74) is 1.98. The Balaban J connectivity index is 1.98. The Morgan fingerprint density at radius 3 is 2.78 bits per heavy atom. The summed E-state index contributed by atoms with van der Waals surface area (Å²) < 4.78 is 5.33. The number of carbonyl (C=O) groups is 2. The Morgan fingerprint density at radius 2 is 2.13 bits per heavy atom. The Kier molecular flexibility index (Phi) is 5.47. The average molecular weight is 320 g/mol. The third-order valence-corrected chi connectivity index (χ3v) is 4.17. The predicted molar refractivity (Wildman–Crippen MR) is 86.4 cm³/mol. The highest BCUT2D eigenvalue weighted by Gasteiger charge is 2.31. The van der Waals surface area contributed by atoms with Gasteiger partial charge in [-0.3, -0.25) is 4.79 Å². The molecular weight excluding hydrogens is 296 g/mol. The summed E-state index contributed by atoms with van der Waals surface area (Å²) in [6.45, 7) is 5.15. The van der Waals surface area contributed by atoms with E-state index >= 15 is 0 Å². The Labute approximate surface area is 136 Å². The van der Waals surface area contributed by atoms with Gasteiger partial charge in [-0.25, -0.2) is 4.79 Å². The molecule has 0 radical (unpaired) electrons. The molecule has 0 saturated carbocycles. The monoisotopic (exact) mass is 320 g/mol. The van der Waals surface area contributed by atoms with E-state index in [-0.39, 0.29) is 18.5 Å². The van der Waals surface area contributed by atoms with Crippen molar-refractivity contribution in [3.8, 4) is 5.75 Å². The summed E-state index contributed by atoms with van der Waals surface area (Å²) in [6, 6.07) is 5.58. The highest BCUT2D eigenvalue weighted by atomic mass is 16.5. The minimum Gasteiger partial charge on any atom is -0.496 e. The number of benzene rings is 1. The molecule has 1 aliphatic rings. The molecule has 1 aliphatic heterocycles. The van der Waals surface area contributed by atoms with Gasteiger partial charge in [0.25, 0.3) is 0 Å². The number of methoxy groups -OCH3 is 1. The van der Waals surface area contributed by atoms with E-state index in [1.54, 1.807) is 12.0 Å². The number of hydrogen-bond donors (Lipinski definition) is 2. The number of rotatable bonds is 4. The molecule has 0 aliphatic carbocycles. The van der Waals surface area contributed by atoms with Gasteiger partial charge in [0.05, 0.1) is 13.0 Å². The van der Waals surface area contributed by atoms with E-state index in [9.17, 15) is 14.7 Å². The minimum atomic E-state index is -0.838. The number of nitrogens with one attached hydrogen (secondary N) is 1. The molecule has 6 nitrogen and oxygen atoms in total. The van der Waals surface area contributed by atoms with E-state index in [0.29, 0.717) is 19.5 Å². The third-order valence-electron chi connectivity index (χ3n) is 4.17. The predicted octanol–water partition coefficient (Wildman–Crippen LogP) is 2.26. The molecule has 23 heavy (non-hydrogen) atoms. The summed E-state index contributed by atoms with van der Waals surface area (Å²) in [5, 5.41) is 12.0. The van der Waals surface area contributed by atoms with Gasteiger partial charge in [0, 0.05) is 25.2 Å². The van der Waals surface area contributed by atoms with Gasteiger partial charge in [-0.2, -0.15) is 0 Å². The van der Waals surface area contributed by atoms with Crippen molar-refractivity contribution in [1.82, 2.24) is 10.2 Å². The van der Waals surface area contributed by atoms with Crippen LogP contribution in [-0.4, -0.2) is 42.2 Å². The number of amides is 2. The molecule has 0 bridgehead atoms. The fourth-order valence-electron chi connectivity index (χ4n) is 2.98. The first kappa shape index (κ1) is 17.1. The highest BCUT2D eigenvalue weighted by Crippen LogP contribution is 2.23. The zero-order valence-corrected chi connectivity index (χ0v) is 13.8. The number of urea groups is 1. The van der Waals surface area contributed by atoms with Crippen LogP contribution >= 0.6 is 0 Å². The molecule has 1 aromatic carbocycles. The van der Waals surface area contributed by atoms with Crippen LogP contribution in [-0.2, 0) is 11.3 Å². The zero-order chi connectivity index (χ0) is 17.0. The van der Waals surface area contributed by atoms with Crippen LogP contribution in [0.4, 0.5) is 4.79 Å². The first-order valence-corrected chi connectivity index (χ1v) is 7.79. The molecule has 6 heteroatoms. The van der Waals surface area contributed by atoms with Gasteiger partial charge in [0.15, 0.2) is 0 Å². The van der Waals surface area contributed by atoms with Crippen LogP contribution in [0, 0.1) is 18.8 Å². The number of aliphatic carboxylic acids is 1. The molecule has 1 heterocycles. The van der Waals surface area contributed by atoms with E-state index < -0.39 is 11.9 Å². The number of hydrogen-bond acceptors (Lipinski definition) is 3. The fourth-order valence-corrected chi connectivity index (χ4v) is 2.98. The lowest BCUT2D eigenvalue weighted by atomic mass is 9.91. The molecule has 2 unspecified atom stereocenters. The van der Waals surface area contributed by atoms with Crippen molar-refractivity contribution in [1.29, 1.82) is 0 Å². The second-order valence-electron chi connectivity index (χ2n) is 6.26. The topological polar surface area (TPSA) is 78.9 Å². The van der Waals surface area contributed by atoms with Gasteiger partial charge in [0.1, 0.15) is 5.75 Å². The van der Waals surface area contributed by atoms with E-state index in [2.05, 4.69) is 5.32 Å². The number of carbonyl (C=O) groups excluding carboxylic acids is 1. The van der Waals surface area contributed by atoms with Crippen molar-refractivity contribution in [2.45, 2.75) is 26.8 Å². The molecule has 1 aromatic rings. The van der Waals surface area contributed by atoms with Crippen LogP contribution in [0.1, 0.15) is 24.5 Å². The molecular formula is C17H24N2O4. The molecule has 2 N–H and O–H groups in total. The molecule has 2 amide bonds. The second-order valence-corrected chi connectivity index (χ2v) is 6.26. The molecule has 1 fully saturated rings. The van der Waals surface area contributed by atoms with E-state index in [1.165, 1.54) is 0 Å². The van der Waals surface area contributed by atoms with Gasteiger partial charge < -0.3 is 20.1 Å². The molecule has 2 atom stereocenters. The van der Waals surface area contributed by atoms with Crippen molar-refractivity contribution < 1.29 is 19.4 Å². The lowest BCUT2D eigenvalue weighted by molar-refractivity contribution is -0.143. The normalized spacial score (nSPS) is 20.9. The summed E-state index contributed by atoms with van der Waals surface area (Å²) in [4.78, 5) is 25.1. The van der Waals surface area contributed by atoms with E-state index in [0.717, 1.165) is 16.9 Å². The van der Waals surface area contributed by atoms with Crippen molar-refractivity contribution in [3.05, 3.63) is 29.3 Å². The third kappa shape index (κ3) is 4.37. The number of carboxylic acid groups (broad SMARTS) is 1. The number of carboxylic acids is 1. The largest absolute Gasteiger partial charge is 0.496 e. The molecule has 0 spiro atoms. The molecule has 0 aromatic heterocycles. The number of aryl methyl sites for hydroxylation is 1. The van der Waals surface area contributed by atoms with E-state index in [4.69, 9.17) is 4.74 Å². The number of piperidine rings is 1. The quantitative estimate of drug-likeness (QED) is 0.892. The number of likely N-dealkylation sites (tertiary alicyclic amines) is 1. The molecule has 1 saturated heterocycles. The van der Waals surface area contributed by atoms with Crippen LogP contribution in [0.3, 0.4) is 0 Å². The van der Waals surface area contributed by atoms with Crippen LogP contribution < -0.4 is 10.1 Å². The summed E-state index contributed by atoms with van der Waals surface area (Å²) in [5.74, 6) is -0.404. The van der Waals surface area contributed by atoms with Gasteiger partial charge in [0.2, 0.25) is 0 Å². The molecule has 126 valence electrons. The fraction of sp³-hybridized carbons (Fsp3) is 0.529. The van der Waals surface area contributed by atoms with E-state index in [1.807, 2.05) is 32.0 Å². The standard InChI is InChI=1S/C17H24N2O4/c1-11-4-5-13(15(7-11)23-3)8-18-17(22)19-9-12(2)6-14(10-19)16(20)21/h4-5,7,12,14H,6,8-10H2,1-3H3,(H,18,22)(H,20,21). The smallest absolute Gasteiger partial charge is 0.317 e. The van der Waals surface area contributed by atoms with Gasteiger partial charge in [-0.15, -0.1) is 0 Å². The van der Waals surface area contributed by atoms with Crippen LogP contribution in [0.2, 0.25) is 0 Å². The Bertz CT molecular complexity index is 588. The minimum absolute atomic E-state index is 0.185. The Morgan fingerprint density at radius 1 is 1.39 bits per heavy atom. The second kappa shape index (κ2) is 7.35. The SMILES string of the molecule is COc1cc(C)ccc1CNC(=O)N1CC(C)CC(C(=O)O)C1. The van der Waals surface area contributed by atoms with Crippen LogP contribution in [0.5, 0.6) is 5.75 Å². The lowest BCUT2D eigenvalue weighted by Gasteiger charge is -2.34. The van der Waals surface area contributed by atoms with Crippen LogP contribution in [0.25, 0.3) is 0 Å². The van der Waals surface area contributed by atoms with Gasteiger partial charge in [-0.1, -0.05) is 19.1 Å². The maximum Gasteiger partial charge on any atom is 0.317 e. The van der Waals surface area contributed by atoms with Crippen molar-refractivity contribution >= 4 is 12.0 Å².